The number of carbonyl (C=O) groups is 2. The molecule has 30 heavy (non-hydrogen) atoms. The zero-order chi connectivity index (χ0) is 20.9. The van der Waals surface area contributed by atoms with Gasteiger partial charge in [0, 0.05) is 18.3 Å². The molecule has 6 nitrogen and oxygen atoms in total. The van der Waals surface area contributed by atoms with Crippen LogP contribution < -0.4 is 10.6 Å². The van der Waals surface area contributed by atoms with Crippen LogP contribution in [0.2, 0.25) is 0 Å². The Kier molecular flexibility index (Phi) is 6.14. The number of rotatable bonds is 6. The molecule has 0 radical (unpaired) electrons. The first-order chi connectivity index (χ1) is 14.7. The van der Waals surface area contributed by atoms with E-state index in [0.717, 1.165) is 24.9 Å². The van der Waals surface area contributed by atoms with Crippen LogP contribution in [0.4, 0.5) is 4.79 Å². The number of amides is 2. The van der Waals surface area contributed by atoms with E-state index in [0.29, 0.717) is 17.8 Å². The minimum atomic E-state index is -0.535. The highest BCUT2D eigenvalue weighted by Gasteiger charge is 2.36. The molecule has 0 saturated carbocycles. The third-order valence-corrected chi connectivity index (χ3v) is 5.69. The number of urea groups is 1. The minimum Gasteiger partial charge on any atom is -0.463 e. The molecule has 2 aliphatic rings. The number of nitrogens with zero attached hydrogens (tertiary/aromatic N) is 1. The highest BCUT2D eigenvalue weighted by atomic mass is 16.5. The third kappa shape index (κ3) is 4.24. The van der Waals surface area contributed by atoms with E-state index in [4.69, 9.17) is 4.74 Å². The SMILES string of the molecule is CCOC(=O)C1=C(CN2CCCC2c2ccccc2)NC(=O)NC1c1ccccc1. The molecular weight excluding hydrogens is 378 g/mol. The largest absolute Gasteiger partial charge is 0.463 e. The summed E-state index contributed by atoms with van der Waals surface area (Å²) < 4.78 is 5.37. The Morgan fingerprint density at radius 1 is 1.07 bits per heavy atom. The highest BCUT2D eigenvalue weighted by molar-refractivity contribution is 5.95. The summed E-state index contributed by atoms with van der Waals surface area (Å²) in [5.74, 6) is -0.399. The number of hydrogen-bond donors (Lipinski definition) is 2. The summed E-state index contributed by atoms with van der Waals surface area (Å²) in [6, 6.07) is 19.4. The molecular formula is C24H27N3O3. The Balaban J connectivity index is 1.69. The van der Waals surface area contributed by atoms with Crippen molar-refractivity contribution in [3.8, 4) is 0 Å². The van der Waals surface area contributed by atoms with Crippen LogP contribution in [-0.4, -0.2) is 36.6 Å². The van der Waals surface area contributed by atoms with Gasteiger partial charge in [0.1, 0.15) is 0 Å². The third-order valence-electron chi connectivity index (χ3n) is 5.69. The Labute approximate surface area is 176 Å². The van der Waals surface area contributed by atoms with Gasteiger partial charge >= 0.3 is 12.0 Å². The number of hydrogen-bond acceptors (Lipinski definition) is 4. The number of benzene rings is 2. The number of carbonyl (C=O) groups excluding carboxylic acids is 2. The van der Waals surface area contributed by atoms with Crippen molar-refractivity contribution < 1.29 is 14.3 Å². The van der Waals surface area contributed by atoms with Gasteiger partial charge in [0.25, 0.3) is 0 Å². The van der Waals surface area contributed by atoms with Crippen LogP contribution in [0.25, 0.3) is 0 Å². The van der Waals surface area contributed by atoms with Crippen LogP contribution in [0, 0.1) is 0 Å². The summed E-state index contributed by atoms with van der Waals surface area (Å²) in [6.07, 6.45) is 2.14. The Bertz CT molecular complexity index is 927. The fraction of sp³-hybridized carbons (Fsp3) is 0.333. The van der Waals surface area contributed by atoms with Crippen LogP contribution in [-0.2, 0) is 9.53 Å². The van der Waals surface area contributed by atoms with Crippen LogP contribution in [0.5, 0.6) is 0 Å². The van der Waals surface area contributed by atoms with Gasteiger partial charge in [-0.1, -0.05) is 60.7 Å². The topological polar surface area (TPSA) is 70.7 Å². The predicted molar refractivity (Wildman–Crippen MR) is 114 cm³/mol. The van der Waals surface area contributed by atoms with Gasteiger partial charge in [-0.2, -0.15) is 0 Å². The fourth-order valence-electron chi connectivity index (χ4n) is 4.36. The van der Waals surface area contributed by atoms with Gasteiger partial charge in [-0.05, 0) is 37.4 Å². The molecule has 2 aromatic rings. The molecule has 2 unspecified atom stereocenters. The van der Waals surface area contributed by atoms with Crippen molar-refractivity contribution in [2.24, 2.45) is 0 Å². The first-order valence-corrected chi connectivity index (χ1v) is 10.5. The molecule has 2 N–H and O–H groups in total. The molecule has 0 spiro atoms. The average Bonchev–Trinajstić information content (AvgIpc) is 3.23. The second-order valence-corrected chi connectivity index (χ2v) is 7.59. The molecule has 4 rings (SSSR count). The molecule has 0 aliphatic carbocycles. The van der Waals surface area contributed by atoms with Crippen LogP contribution in [0.3, 0.4) is 0 Å². The minimum absolute atomic E-state index is 0.268. The summed E-state index contributed by atoms with van der Waals surface area (Å²) in [7, 11) is 0. The zero-order valence-electron chi connectivity index (χ0n) is 17.1. The molecule has 2 amide bonds. The maximum atomic E-state index is 12.9. The molecule has 6 heteroatoms. The van der Waals surface area contributed by atoms with Gasteiger partial charge in [-0.25, -0.2) is 9.59 Å². The number of likely N-dealkylation sites (tertiary alicyclic amines) is 1. The van der Waals surface area contributed by atoms with E-state index in [1.807, 2.05) is 48.5 Å². The lowest BCUT2D eigenvalue weighted by Crippen LogP contribution is -2.48. The number of ether oxygens (including phenoxy) is 1. The lowest BCUT2D eigenvalue weighted by atomic mass is 9.94. The molecule has 0 aromatic heterocycles. The molecule has 0 bridgehead atoms. The van der Waals surface area contributed by atoms with Crippen molar-refractivity contribution >= 4 is 12.0 Å². The Morgan fingerprint density at radius 3 is 2.40 bits per heavy atom. The first kappa shape index (κ1) is 20.2. The van der Waals surface area contributed by atoms with Crippen molar-refractivity contribution in [2.75, 3.05) is 19.7 Å². The van der Waals surface area contributed by atoms with Crippen molar-refractivity contribution in [1.29, 1.82) is 0 Å². The summed E-state index contributed by atoms with van der Waals surface area (Å²) in [4.78, 5) is 27.7. The van der Waals surface area contributed by atoms with E-state index in [2.05, 4.69) is 27.7 Å². The normalized spacial score (nSPS) is 21.8. The molecule has 2 aromatic carbocycles. The second kappa shape index (κ2) is 9.13. The summed E-state index contributed by atoms with van der Waals surface area (Å²) >= 11 is 0. The van der Waals surface area contributed by atoms with Crippen molar-refractivity contribution in [1.82, 2.24) is 15.5 Å². The van der Waals surface area contributed by atoms with Gasteiger partial charge in [0.2, 0.25) is 0 Å². The highest BCUT2D eigenvalue weighted by Crippen LogP contribution is 2.34. The molecule has 1 saturated heterocycles. The Hall–Kier alpha value is -3.12. The summed E-state index contributed by atoms with van der Waals surface area (Å²) in [6.45, 7) is 3.47. The molecule has 156 valence electrons. The lowest BCUT2D eigenvalue weighted by molar-refractivity contribution is -0.139. The smallest absolute Gasteiger partial charge is 0.338 e. The van der Waals surface area contributed by atoms with Crippen molar-refractivity contribution in [3.05, 3.63) is 83.1 Å². The Morgan fingerprint density at radius 2 is 1.73 bits per heavy atom. The quantitative estimate of drug-likeness (QED) is 0.719. The van der Waals surface area contributed by atoms with Gasteiger partial charge in [-0.3, -0.25) is 4.90 Å². The van der Waals surface area contributed by atoms with E-state index in [-0.39, 0.29) is 18.7 Å². The molecule has 2 heterocycles. The van der Waals surface area contributed by atoms with Gasteiger partial charge in [0.15, 0.2) is 0 Å². The van der Waals surface area contributed by atoms with E-state index in [1.165, 1.54) is 5.56 Å². The number of nitrogens with one attached hydrogen (secondary N) is 2. The molecule has 2 atom stereocenters. The van der Waals surface area contributed by atoms with E-state index >= 15 is 0 Å². The van der Waals surface area contributed by atoms with Gasteiger partial charge in [-0.15, -0.1) is 0 Å². The summed E-state index contributed by atoms with van der Waals surface area (Å²) in [5, 5.41) is 5.78. The standard InChI is InChI=1S/C24H27N3O3/c1-2-30-23(28)21-19(25-24(29)26-22(21)18-12-7-4-8-13-18)16-27-15-9-14-20(27)17-10-5-3-6-11-17/h3-8,10-13,20,22H,2,9,14-16H2,1H3,(H2,25,26,29). The maximum absolute atomic E-state index is 12.9. The van der Waals surface area contributed by atoms with E-state index in [9.17, 15) is 9.59 Å². The maximum Gasteiger partial charge on any atom is 0.338 e. The van der Waals surface area contributed by atoms with Crippen LogP contribution in [0.15, 0.2) is 71.9 Å². The van der Waals surface area contributed by atoms with Crippen LogP contribution >= 0.6 is 0 Å². The monoisotopic (exact) mass is 405 g/mol. The van der Waals surface area contributed by atoms with Crippen molar-refractivity contribution in [2.45, 2.75) is 31.8 Å². The second-order valence-electron chi connectivity index (χ2n) is 7.59. The van der Waals surface area contributed by atoms with Gasteiger partial charge in [0.05, 0.1) is 18.2 Å². The van der Waals surface area contributed by atoms with Crippen LogP contribution in [0.1, 0.15) is 43.0 Å². The average molecular weight is 405 g/mol. The lowest BCUT2D eigenvalue weighted by Gasteiger charge is -2.33. The summed E-state index contributed by atoms with van der Waals surface area (Å²) in [5.41, 5.74) is 3.21. The van der Waals surface area contributed by atoms with Gasteiger partial charge < -0.3 is 15.4 Å². The van der Waals surface area contributed by atoms with E-state index < -0.39 is 12.0 Å². The predicted octanol–water partition coefficient (Wildman–Crippen LogP) is 3.69. The zero-order valence-corrected chi connectivity index (χ0v) is 17.1. The molecule has 1 fully saturated rings. The molecule has 2 aliphatic heterocycles. The van der Waals surface area contributed by atoms with Crippen molar-refractivity contribution in [3.63, 3.8) is 0 Å². The number of esters is 1. The first-order valence-electron chi connectivity index (χ1n) is 10.5. The fourth-order valence-corrected chi connectivity index (χ4v) is 4.36. The van der Waals surface area contributed by atoms with E-state index in [1.54, 1.807) is 6.92 Å².